The Balaban J connectivity index is -0.000000712. The van der Waals surface area contributed by atoms with Gasteiger partial charge in [0.05, 0.1) is 5.09 Å². The van der Waals surface area contributed by atoms with Gasteiger partial charge in [-0.05, 0) is 6.42 Å². The maximum absolute atomic E-state index is 10.3. The number of unbranched alkanes of at least 4 members (excludes halogenated alkanes) is 12. The van der Waals surface area contributed by atoms with Gasteiger partial charge in [0.1, 0.15) is 0 Å². The smallest absolute Gasteiger partial charge is 0.481 e. The van der Waals surface area contributed by atoms with Crippen LogP contribution in [0.3, 0.4) is 0 Å². The minimum atomic E-state index is -1.75. The first-order valence-electron chi connectivity index (χ1n) is 8.54. The van der Waals surface area contributed by atoms with E-state index in [1.54, 1.807) is 0 Å². The van der Waals surface area contributed by atoms with Gasteiger partial charge in [-0.1, -0.05) is 84.0 Å². The normalized spacial score (nSPS) is 9.43. The zero-order valence-corrected chi connectivity index (χ0v) is 15.7. The molecule has 0 bridgehead atoms. The molecule has 0 amide bonds. The van der Waals surface area contributed by atoms with Gasteiger partial charge < -0.3 is 20.4 Å². The summed E-state index contributed by atoms with van der Waals surface area (Å²) in [7, 11) is 0. The van der Waals surface area contributed by atoms with Crippen LogP contribution in [0.5, 0.6) is 0 Å². The first-order chi connectivity index (χ1) is 10.5. The second-order valence-corrected chi connectivity index (χ2v) is 5.61. The van der Waals surface area contributed by atoms with E-state index in [1.807, 2.05) is 0 Å². The molecule has 0 saturated heterocycles. The Kier molecular flexibility index (Phi) is 28.1. The van der Waals surface area contributed by atoms with Crippen molar-refractivity contribution in [2.45, 2.75) is 96.8 Å². The van der Waals surface area contributed by atoms with Crippen LogP contribution in [0.25, 0.3) is 0 Å². The van der Waals surface area contributed by atoms with Crippen LogP contribution in [0.1, 0.15) is 96.8 Å². The maximum atomic E-state index is 10.3. The number of hydrogen-bond donors (Lipinski definition) is 1. The molecule has 0 aliphatic heterocycles. The minimum Gasteiger partial charge on any atom is -0.481 e. The number of rotatable bonds is 14. The molecule has 0 atom stereocenters. The second-order valence-electron chi connectivity index (χ2n) is 5.61. The van der Waals surface area contributed by atoms with Crippen molar-refractivity contribution in [3.8, 4) is 0 Å². The molecule has 23 heavy (non-hydrogen) atoms. The van der Waals surface area contributed by atoms with Crippen LogP contribution >= 0.6 is 0 Å². The number of carboxylic acid groups (broad SMARTS) is 1. The fraction of sp³-hybridized carbons (Fsp3) is 0.938. The van der Waals surface area contributed by atoms with Gasteiger partial charge in [0.2, 0.25) is 0 Å². The van der Waals surface area contributed by atoms with E-state index in [0.717, 1.165) is 12.8 Å². The van der Waals surface area contributed by atoms with Crippen molar-refractivity contribution in [2.75, 3.05) is 0 Å². The molecule has 0 unspecified atom stereocenters. The number of carboxylic acids is 1. The first kappa shape index (κ1) is 27.3. The molecule has 0 saturated carbocycles. The molecule has 0 aliphatic rings. The Morgan fingerprint density at radius 2 is 1.04 bits per heavy atom. The van der Waals surface area contributed by atoms with Crippen molar-refractivity contribution in [2.24, 2.45) is 0 Å². The zero-order chi connectivity index (χ0) is 17.1. The van der Waals surface area contributed by atoms with E-state index in [1.165, 1.54) is 70.6 Å². The van der Waals surface area contributed by atoms with Gasteiger partial charge in [-0.2, -0.15) is 0 Å². The molecule has 0 radical (unpaired) electrons. The van der Waals surface area contributed by atoms with E-state index in [4.69, 9.17) is 20.4 Å². The van der Waals surface area contributed by atoms with Crippen LogP contribution in [-0.4, -0.2) is 16.2 Å². The van der Waals surface area contributed by atoms with Crippen molar-refractivity contribution in [1.29, 1.82) is 0 Å². The number of aliphatic carboxylic acids is 1. The topological polar surface area (TPSA) is 104 Å². The van der Waals surface area contributed by atoms with Gasteiger partial charge >= 0.3 is 28.3 Å². The average Bonchev–Trinajstić information content (AvgIpc) is 2.43. The van der Waals surface area contributed by atoms with Gasteiger partial charge in [0.25, 0.3) is 0 Å². The fourth-order valence-electron chi connectivity index (χ4n) is 2.29. The van der Waals surface area contributed by atoms with Crippen LogP contribution in [0, 0.1) is 15.3 Å². The van der Waals surface area contributed by atoms with Crippen LogP contribution in [0.15, 0.2) is 0 Å². The van der Waals surface area contributed by atoms with E-state index in [0.29, 0.717) is 6.42 Å². The molecule has 0 aromatic heterocycles. The summed E-state index contributed by atoms with van der Waals surface area (Å²) < 4.78 is 0. The minimum absolute atomic E-state index is 0. The van der Waals surface area contributed by atoms with E-state index in [-0.39, 0.29) is 22.4 Å². The average molecular weight is 426 g/mol. The Labute approximate surface area is 155 Å². The molecule has 0 aliphatic carbocycles. The van der Waals surface area contributed by atoms with E-state index in [2.05, 4.69) is 6.92 Å². The summed E-state index contributed by atoms with van der Waals surface area (Å²) in [4.78, 5) is 18.6. The summed E-state index contributed by atoms with van der Waals surface area (Å²) in [6, 6.07) is 0. The number of hydrogen-bond acceptors (Lipinski definition) is 4. The van der Waals surface area contributed by atoms with Crippen molar-refractivity contribution in [3.63, 3.8) is 0 Å². The van der Waals surface area contributed by atoms with E-state index >= 15 is 0 Å². The Morgan fingerprint density at radius 3 is 1.30 bits per heavy atom. The molecule has 0 aromatic rings. The van der Waals surface area contributed by atoms with Crippen molar-refractivity contribution in [3.05, 3.63) is 15.3 Å². The zero-order valence-electron chi connectivity index (χ0n) is 14.2. The number of nitrogens with zero attached hydrogens (tertiary/aromatic N) is 1. The molecule has 0 fully saturated rings. The third kappa shape index (κ3) is 38.8. The Morgan fingerprint density at radius 1 is 0.783 bits per heavy atom. The molecule has 142 valence electrons. The van der Waals surface area contributed by atoms with Gasteiger partial charge in [0, 0.05) is 6.42 Å². The third-order valence-corrected chi connectivity index (χ3v) is 3.49. The summed E-state index contributed by atoms with van der Waals surface area (Å²) in [6.45, 7) is 2.26. The van der Waals surface area contributed by atoms with E-state index in [9.17, 15) is 4.79 Å². The molecular weight excluding hydrogens is 394 g/mol. The number of carbonyl (C=O) groups is 1. The standard InChI is InChI=1S/C16H32O2.Ag.NO3/c1-2-3-4-5-6-7-8-9-10-11-12-13-14-15-16(17)18;;2-1(3)4/h2-15H2,1H3,(H,17,18);;/q;+1;-1. The molecule has 7 heteroatoms. The summed E-state index contributed by atoms with van der Waals surface area (Å²) >= 11 is 0. The summed E-state index contributed by atoms with van der Waals surface area (Å²) in [5.74, 6) is -0.655. The summed E-state index contributed by atoms with van der Waals surface area (Å²) in [5.41, 5.74) is 0. The van der Waals surface area contributed by atoms with Crippen molar-refractivity contribution < 1.29 is 37.4 Å². The van der Waals surface area contributed by atoms with Crippen LogP contribution in [0.2, 0.25) is 0 Å². The Bertz CT molecular complexity index is 261. The first-order valence-corrected chi connectivity index (χ1v) is 8.54. The van der Waals surface area contributed by atoms with E-state index < -0.39 is 11.1 Å². The van der Waals surface area contributed by atoms with Gasteiger partial charge in [0.15, 0.2) is 0 Å². The quantitative estimate of drug-likeness (QED) is 0.175. The summed E-state index contributed by atoms with van der Waals surface area (Å²) in [6.07, 6.45) is 17.3. The van der Waals surface area contributed by atoms with Crippen LogP contribution < -0.4 is 0 Å². The van der Waals surface area contributed by atoms with Crippen LogP contribution in [-0.2, 0) is 27.2 Å². The summed E-state index contributed by atoms with van der Waals surface area (Å²) in [5, 5.41) is 23.2. The predicted molar refractivity (Wildman–Crippen MR) is 88.3 cm³/mol. The van der Waals surface area contributed by atoms with Crippen molar-refractivity contribution in [1.82, 2.24) is 0 Å². The third-order valence-electron chi connectivity index (χ3n) is 3.49. The second kappa shape index (κ2) is 23.7. The molecular formula is C16H32AgNO5. The van der Waals surface area contributed by atoms with Gasteiger partial charge in [-0.15, -0.1) is 0 Å². The molecule has 6 nitrogen and oxygen atoms in total. The fourth-order valence-corrected chi connectivity index (χ4v) is 2.29. The Hall–Kier alpha value is -0.590. The molecule has 0 heterocycles. The monoisotopic (exact) mass is 425 g/mol. The van der Waals surface area contributed by atoms with Gasteiger partial charge in [-0.3, -0.25) is 4.79 Å². The largest absolute Gasteiger partial charge is 1.00 e. The molecule has 1 N–H and O–H groups in total. The van der Waals surface area contributed by atoms with Gasteiger partial charge in [-0.25, -0.2) is 0 Å². The molecule has 0 aromatic carbocycles. The predicted octanol–water partition coefficient (Wildman–Crippen LogP) is 5.31. The van der Waals surface area contributed by atoms with Crippen LogP contribution in [0.4, 0.5) is 0 Å². The molecule has 0 rings (SSSR count). The maximum Gasteiger partial charge on any atom is 1.00 e. The molecule has 0 spiro atoms. The van der Waals surface area contributed by atoms with Crippen molar-refractivity contribution >= 4 is 5.97 Å². The SMILES string of the molecule is CCCCCCCCCCCCCCCC(=O)O.O=[N+]([O-])[O-].[Ag+].